The van der Waals surface area contributed by atoms with Crippen LogP contribution in [-0.2, 0) is 0 Å². The van der Waals surface area contributed by atoms with E-state index in [4.69, 9.17) is 0 Å². The quantitative estimate of drug-likeness (QED) is 0.631. The lowest BCUT2D eigenvalue weighted by Gasteiger charge is -2.06. The third-order valence-electron chi connectivity index (χ3n) is 3.01. The molecule has 2 heteroatoms. The Morgan fingerprint density at radius 2 is 1.67 bits per heavy atom. The van der Waals surface area contributed by atoms with Crippen LogP contribution in [0.1, 0.15) is 10.4 Å². The molecule has 0 aliphatic rings. The maximum absolute atomic E-state index is 10.7. The van der Waals surface area contributed by atoms with E-state index in [0.29, 0.717) is 5.56 Å². The molecule has 0 aliphatic heterocycles. The summed E-state index contributed by atoms with van der Waals surface area (Å²) in [5.74, 6) is 0. The van der Waals surface area contributed by atoms with Gasteiger partial charge in [-0.05, 0) is 23.3 Å². The summed E-state index contributed by atoms with van der Waals surface area (Å²) in [6, 6.07) is 17.6. The van der Waals surface area contributed by atoms with Crippen LogP contribution in [0.25, 0.3) is 22.0 Å². The predicted octanol–water partition coefficient (Wildman–Crippen LogP) is 3.71. The number of aromatic nitrogens is 1. The molecular weight excluding hydrogens is 222 g/mol. The molecule has 0 fully saturated rings. The van der Waals surface area contributed by atoms with Gasteiger partial charge in [0.05, 0.1) is 5.52 Å². The van der Waals surface area contributed by atoms with Crippen LogP contribution < -0.4 is 0 Å². The number of hydrogen-bond donors (Lipinski definition) is 0. The monoisotopic (exact) mass is 233 g/mol. The second kappa shape index (κ2) is 4.41. The van der Waals surface area contributed by atoms with Crippen molar-refractivity contribution in [2.45, 2.75) is 0 Å². The first-order chi connectivity index (χ1) is 8.88. The van der Waals surface area contributed by atoms with Gasteiger partial charge in [-0.25, -0.2) is 0 Å². The first kappa shape index (κ1) is 10.7. The molecule has 0 radical (unpaired) electrons. The van der Waals surface area contributed by atoms with E-state index in [1.807, 2.05) is 54.7 Å². The lowest BCUT2D eigenvalue weighted by atomic mass is 10.0. The molecule has 0 N–H and O–H groups in total. The van der Waals surface area contributed by atoms with E-state index in [0.717, 1.165) is 28.3 Å². The number of rotatable bonds is 2. The Labute approximate surface area is 105 Å². The van der Waals surface area contributed by atoms with Gasteiger partial charge in [-0.15, -0.1) is 0 Å². The summed E-state index contributed by atoms with van der Waals surface area (Å²) in [7, 11) is 0. The van der Waals surface area contributed by atoms with Crippen LogP contribution in [0.3, 0.4) is 0 Å². The molecule has 1 aromatic heterocycles. The minimum absolute atomic E-state index is 0.692. The van der Waals surface area contributed by atoms with Gasteiger partial charge in [-0.1, -0.05) is 42.5 Å². The van der Waals surface area contributed by atoms with E-state index in [9.17, 15) is 4.79 Å². The molecule has 86 valence electrons. The van der Waals surface area contributed by atoms with Gasteiger partial charge in [0.1, 0.15) is 6.29 Å². The highest BCUT2D eigenvalue weighted by atomic mass is 16.1. The van der Waals surface area contributed by atoms with Gasteiger partial charge in [0, 0.05) is 17.1 Å². The highest BCUT2D eigenvalue weighted by Gasteiger charge is 2.03. The molecule has 0 saturated carbocycles. The number of pyridine rings is 1. The van der Waals surface area contributed by atoms with Crippen LogP contribution >= 0.6 is 0 Å². The zero-order valence-electron chi connectivity index (χ0n) is 9.71. The van der Waals surface area contributed by atoms with Gasteiger partial charge < -0.3 is 0 Å². The van der Waals surface area contributed by atoms with Gasteiger partial charge in [0.2, 0.25) is 0 Å². The van der Waals surface area contributed by atoms with Crippen LogP contribution in [0.4, 0.5) is 0 Å². The molecular formula is C16H11NO. The number of para-hydroxylation sites is 1. The summed E-state index contributed by atoms with van der Waals surface area (Å²) in [5.41, 5.74) is 3.91. The molecule has 1 heterocycles. The Kier molecular flexibility index (Phi) is 2.61. The van der Waals surface area contributed by atoms with Gasteiger partial charge in [-0.3, -0.25) is 9.78 Å². The average molecular weight is 233 g/mol. The van der Waals surface area contributed by atoms with Crippen molar-refractivity contribution in [3.8, 4) is 11.1 Å². The smallest absolute Gasteiger partial charge is 0.150 e. The maximum atomic E-state index is 10.7. The largest absolute Gasteiger partial charge is 0.298 e. The Hall–Kier alpha value is -2.48. The van der Waals surface area contributed by atoms with Gasteiger partial charge in [0.25, 0.3) is 0 Å². The standard InChI is InChI=1S/C16H11NO/c18-11-12-5-7-13(8-6-12)14-9-10-17-16-4-2-1-3-15(14)16/h1-11H. The topological polar surface area (TPSA) is 30.0 Å². The van der Waals surface area contributed by atoms with Crippen LogP contribution in [0.5, 0.6) is 0 Å². The maximum Gasteiger partial charge on any atom is 0.150 e. The number of benzene rings is 2. The number of nitrogens with zero attached hydrogens (tertiary/aromatic N) is 1. The SMILES string of the molecule is O=Cc1ccc(-c2ccnc3ccccc23)cc1. The molecule has 3 aromatic rings. The number of aldehydes is 1. The molecule has 18 heavy (non-hydrogen) atoms. The molecule has 0 atom stereocenters. The number of fused-ring (bicyclic) bond motifs is 1. The van der Waals surface area contributed by atoms with Crippen molar-refractivity contribution < 1.29 is 4.79 Å². The molecule has 0 spiro atoms. The van der Waals surface area contributed by atoms with E-state index >= 15 is 0 Å². The fraction of sp³-hybridized carbons (Fsp3) is 0. The first-order valence-electron chi connectivity index (χ1n) is 5.78. The average Bonchev–Trinajstić information content (AvgIpc) is 2.47. The van der Waals surface area contributed by atoms with Crippen LogP contribution in [0.15, 0.2) is 60.8 Å². The number of carbonyl (C=O) groups excluding carboxylic acids is 1. The molecule has 0 saturated heterocycles. The summed E-state index contributed by atoms with van der Waals surface area (Å²) in [6.07, 6.45) is 2.67. The Bertz CT molecular complexity index is 696. The minimum Gasteiger partial charge on any atom is -0.298 e. The van der Waals surface area contributed by atoms with Gasteiger partial charge >= 0.3 is 0 Å². The molecule has 0 bridgehead atoms. The summed E-state index contributed by atoms with van der Waals surface area (Å²) in [4.78, 5) is 15.0. The molecule has 0 amide bonds. The second-order valence-electron chi connectivity index (χ2n) is 4.12. The summed E-state index contributed by atoms with van der Waals surface area (Å²) < 4.78 is 0. The Morgan fingerprint density at radius 3 is 2.44 bits per heavy atom. The van der Waals surface area contributed by atoms with Crippen molar-refractivity contribution in [1.82, 2.24) is 4.98 Å². The fourth-order valence-corrected chi connectivity index (χ4v) is 2.09. The van der Waals surface area contributed by atoms with Crippen LogP contribution in [0.2, 0.25) is 0 Å². The minimum atomic E-state index is 0.692. The molecule has 0 aliphatic carbocycles. The molecule has 2 aromatic carbocycles. The highest BCUT2D eigenvalue weighted by Crippen LogP contribution is 2.27. The third-order valence-corrected chi connectivity index (χ3v) is 3.01. The normalized spacial score (nSPS) is 10.4. The van der Waals surface area contributed by atoms with Gasteiger partial charge in [0.15, 0.2) is 0 Å². The first-order valence-corrected chi connectivity index (χ1v) is 5.78. The van der Waals surface area contributed by atoms with Crippen LogP contribution in [-0.4, -0.2) is 11.3 Å². The Balaban J connectivity index is 2.21. The molecule has 2 nitrogen and oxygen atoms in total. The zero-order chi connectivity index (χ0) is 12.4. The fourth-order valence-electron chi connectivity index (χ4n) is 2.09. The van der Waals surface area contributed by atoms with Crippen molar-refractivity contribution in [3.63, 3.8) is 0 Å². The van der Waals surface area contributed by atoms with E-state index in [1.54, 1.807) is 0 Å². The lowest BCUT2D eigenvalue weighted by molar-refractivity contribution is 0.112. The highest BCUT2D eigenvalue weighted by molar-refractivity contribution is 5.94. The van der Waals surface area contributed by atoms with Crippen molar-refractivity contribution >= 4 is 17.2 Å². The van der Waals surface area contributed by atoms with Crippen molar-refractivity contribution in [2.75, 3.05) is 0 Å². The molecule has 3 rings (SSSR count). The van der Waals surface area contributed by atoms with Crippen LogP contribution in [0, 0.1) is 0 Å². The lowest BCUT2D eigenvalue weighted by Crippen LogP contribution is -1.85. The summed E-state index contributed by atoms with van der Waals surface area (Å²) in [5, 5.41) is 1.12. The number of carbonyl (C=O) groups is 1. The van der Waals surface area contributed by atoms with E-state index < -0.39 is 0 Å². The van der Waals surface area contributed by atoms with E-state index in [-0.39, 0.29) is 0 Å². The summed E-state index contributed by atoms with van der Waals surface area (Å²) in [6.45, 7) is 0. The summed E-state index contributed by atoms with van der Waals surface area (Å²) >= 11 is 0. The number of hydrogen-bond acceptors (Lipinski definition) is 2. The van der Waals surface area contributed by atoms with Crippen molar-refractivity contribution in [2.24, 2.45) is 0 Å². The molecule has 0 unspecified atom stereocenters. The second-order valence-corrected chi connectivity index (χ2v) is 4.12. The zero-order valence-corrected chi connectivity index (χ0v) is 9.71. The van der Waals surface area contributed by atoms with E-state index in [1.165, 1.54) is 0 Å². The predicted molar refractivity (Wildman–Crippen MR) is 72.6 cm³/mol. The third kappa shape index (κ3) is 1.78. The van der Waals surface area contributed by atoms with Crippen molar-refractivity contribution in [3.05, 3.63) is 66.4 Å². The van der Waals surface area contributed by atoms with E-state index in [2.05, 4.69) is 11.1 Å². The van der Waals surface area contributed by atoms with Gasteiger partial charge in [-0.2, -0.15) is 0 Å². The van der Waals surface area contributed by atoms with Crippen molar-refractivity contribution in [1.29, 1.82) is 0 Å². The Morgan fingerprint density at radius 1 is 0.889 bits per heavy atom.